The van der Waals surface area contributed by atoms with Crippen LogP contribution in [-0.2, 0) is 11.2 Å². The minimum atomic E-state index is -0.0789. The second kappa shape index (κ2) is 9.09. The SMILES string of the molecule is COc1ccccc1CCNC(=O)CSc1nc(C)cc(C)c1C#N. The Morgan fingerprint density at radius 3 is 2.84 bits per heavy atom. The van der Waals surface area contributed by atoms with Crippen molar-refractivity contribution >= 4 is 17.7 Å². The number of nitrogens with zero attached hydrogens (tertiary/aromatic N) is 2. The Morgan fingerprint density at radius 1 is 1.36 bits per heavy atom. The van der Waals surface area contributed by atoms with Gasteiger partial charge in [0, 0.05) is 12.2 Å². The number of carbonyl (C=O) groups excluding carboxylic acids is 1. The van der Waals surface area contributed by atoms with Crippen molar-refractivity contribution in [2.45, 2.75) is 25.3 Å². The molecule has 1 heterocycles. The molecule has 1 N–H and O–H groups in total. The Labute approximate surface area is 152 Å². The summed E-state index contributed by atoms with van der Waals surface area (Å²) in [5, 5.41) is 12.8. The molecule has 0 saturated heterocycles. The molecule has 2 aromatic rings. The van der Waals surface area contributed by atoms with Gasteiger partial charge in [0.2, 0.25) is 5.91 Å². The van der Waals surface area contributed by atoms with Crippen LogP contribution >= 0.6 is 11.8 Å². The molecule has 0 aliphatic heterocycles. The molecular formula is C19H21N3O2S. The lowest BCUT2D eigenvalue weighted by atomic mass is 10.1. The molecule has 0 aliphatic rings. The molecule has 1 aromatic heterocycles. The standard InChI is InChI=1S/C19H21N3O2S/c1-13-10-14(2)22-19(16(13)11-20)25-12-18(23)21-9-8-15-6-4-5-7-17(15)24-3/h4-7,10H,8-9,12H2,1-3H3,(H,21,23). The second-order valence-corrected chi connectivity index (χ2v) is 6.54. The fourth-order valence-corrected chi connectivity index (χ4v) is 3.40. The number of hydrogen-bond donors (Lipinski definition) is 1. The molecular weight excluding hydrogens is 334 g/mol. The van der Waals surface area contributed by atoms with E-state index >= 15 is 0 Å². The van der Waals surface area contributed by atoms with Crippen molar-refractivity contribution in [2.24, 2.45) is 0 Å². The van der Waals surface area contributed by atoms with Gasteiger partial charge in [-0.15, -0.1) is 0 Å². The Hall–Kier alpha value is -2.52. The monoisotopic (exact) mass is 355 g/mol. The van der Waals surface area contributed by atoms with Gasteiger partial charge in [-0.05, 0) is 43.5 Å². The first-order valence-electron chi connectivity index (χ1n) is 7.95. The third-order valence-electron chi connectivity index (χ3n) is 3.67. The molecule has 0 saturated carbocycles. The van der Waals surface area contributed by atoms with E-state index in [2.05, 4.69) is 16.4 Å². The summed E-state index contributed by atoms with van der Waals surface area (Å²) < 4.78 is 5.30. The molecule has 0 radical (unpaired) electrons. The predicted octanol–water partition coefficient (Wildman–Crippen LogP) is 3.03. The number of ether oxygens (including phenoxy) is 1. The lowest BCUT2D eigenvalue weighted by Gasteiger charge is -2.10. The maximum Gasteiger partial charge on any atom is 0.230 e. The van der Waals surface area contributed by atoms with Gasteiger partial charge in [0.05, 0.1) is 18.4 Å². The van der Waals surface area contributed by atoms with Crippen molar-refractivity contribution in [3.05, 3.63) is 52.7 Å². The van der Waals surface area contributed by atoms with Crippen LogP contribution in [0.1, 0.15) is 22.4 Å². The van der Waals surface area contributed by atoms with Crippen LogP contribution in [0.3, 0.4) is 0 Å². The summed E-state index contributed by atoms with van der Waals surface area (Å²) in [6.45, 7) is 4.29. The summed E-state index contributed by atoms with van der Waals surface area (Å²) in [6.07, 6.45) is 0.700. The number of pyridine rings is 1. The number of thioether (sulfide) groups is 1. The van der Waals surface area contributed by atoms with E-state index < -0.39 is 0 Å². The van der Waals surface area contributed by atoms with Crippen LogP contribution in [0.25, 0.3) is 0 Å². The third kappa shape index (κ3) is 5.23. The first-order chi connectivity index (χ1) is 12.0. The smallest absolute Gasteiger partial charge is 0.230 e. The molecule has 6 heteroatoms. The van der Waals surface area contributed by atoms with Crippen molar-refractivity contribution in [1.29, 1.82) is 5.26 Å². The number of rotatable bonds is 7. The number of para-hydroxylation sites is 1. The van der Waals surface area contributed by atoms with Crippen LogP contribution in [0.2, 0.25) is 0 Å². The van der Waals surface area contributed by atoms with Crippen molar-refractivity contribution < 1.29 is 9.53 Å². The zero-order valence-electron chi connectivity index (χ0n) is 14.6. The minimum Gasteiger partial charge on any atom is -0.496 e. The molecule has 0 fully saturated rings. The second-order valence-electron chi connectivity index (χ2n) is 5.57. The zero-order chi connectivity index (χ0) is 18.2. The third-order valence-corrected chi connectivity index (χ3v) is 4.65. The molecule has 0 atom stereocenters. The van der Waals surface area contributed by atoms with Crippen molar-refractivity contribution in [3.8, 4) is 11.8 Å². The van der Waals surface area contributed by atoms with Gasteiger partial charge in [-0.3, -0.25) is 4.79 Å². The topological polar surface area (TPSA) is 75.0 Å². The largest absolute Gasteiger partial charge is 0.496 e. The molecule has 5 nitrogen and oxygen atoms in total. The van der Waals surface area contributed by atoms with Crippen LogP contribution in [0, 0.1) is 25.2 Å². The number of aryl methyl sites for hydroxylation is 2. The molecule has 0 unspecified atom stereocenters. The molecule has 2 rings (SSSR count). The zero-order valence-corrected chi connectivity index (χ0v) is 15.4. The Morgan fingerprint density at radius 2 is 2.12 bits per heavy atom. The van der Waals surface area contributed by atoms with E-state index in [-0.39, 0.29) is 11.7 Å². The quantitative estimate of drug-likeness (QED) is 0.773. The number of methoxy groups -OCH3 is 1. The van der Waals surface area contributed by atoms with Gasteiger partial charge in [-0.1, -0.05) is 30.0 Å². The number of nitriles is 1. The van der Waals surface area contributed by atoms with Gasteiger partial charge >= 0.3 is 0 Å². The average molecular weight is 355 g/mol. The Balaban J connectivity index is 1.87. The van der Waals surface area contributed by atoms with Gasteiger partial charge in [-0.25, -0.2) is 4.98 Å². The highest BCUT2D eigenvalue weighted by Crippen LogP contribution is 2.23. The molecule has 25 heavy (non-hydrogen) atoms. The Kier molecular flexibility index (Phi) is 6.84. The van der Waals surface area contributed by atoms with Gasteiger partial charge in [0.15, 0.2) is 0 Å². The van der Waals surface area contributed by atoms with E-state index in [9.17, 15) is 10.1 Å². The van der Waals surface area contributed by atoms with Gasteiger partial charge in [0.1, 0.15) is 16.8 Å². The number of hydrogen-bond acceptors (Lipinski definition) is 5. The lowest BCUT2D eigenvalue weighted by Crippen LogP contribution is -2.27. The molecule has 0 spiro atoms. The summed E-state index contributed by atoms with van der Waals surface area (Å²) in [4.78, 5) is 16.4. The summed E-state index contributed by atoms with van der Waals surface area (Å²) in [6, 6.07) is 11.8. The predicted molar refractivity (Wildman–Crippen MR) is 98.9 cm³/mol. The summed E-state index contributed by atoms with van der Waals surface area (Å²) in [5.41, 5.74) is 3.32. The number of benzene rings is 1. The number of aromatic nitrogens is 1. The van der Waals surface area contributed by atoms with Crippen LogP contribution in [0.15, 0.2) is 35.4 Å². The molecule has 0 aliphatic carbocycles. The summed E-state index contributed by atoms with van der Waals surface area (Å²) in [5.74, 6) is 0.977. The van der Waals surface area contributed by atoms with E-state index in [1.54, 1.807) is 7.11 Å². The number of amides is 1. The maximum absolute atomic E-state index is 12.1. The highest BCUT2D eigenvalue weighted by Gasteiger charge is 2.11. The van der Waals surface area contributed by atoms with Gasteiger partial charge in [0.25, 0.3) is 0 Å². The van der Waals surface area contributed by atoms with E-state index in [1.165, 1.54) is 11.8 Å². The molecule has 130 valence electrons. The number of nitrogens with one attached hydrogen (secondary N) is 1. The van der Waals surface area contributed by atoms with E-state index in [0.717, 1.165) is 22.6 Å². The van der Waals surface area contributed by atoms with Crippen LogP contribution in [-0.4, -0.2) is 30.3 Å². The first-order valence-corrected chi connectivity index (χ1v) is 8.93. The van der Waals surface area contributed by atoms with Gasteiger partial charge < -0.3 is 10.1 Å². The van der Waals surface area contributed by atoms with Crippen molar-refractivity contribution in [3.63, 3.8) is 0 Å². The van der Waals surface area contributed by atoms with Gasteiger partial charge in [-0.2, -0.15) is 5.26 Å². The fraction of sp³-hybridized carbons (Fsp3) is 0.316. The maximum atomic E-state index is 12.1. The molecule has 1 aromatic carbocycles. The first kappa shape index (κ1) is 18.8. The Bertz CT molecular complexity index is 800. The van der Waals surface area contributed by atoms with E-state index in [1.807, 2.05) is 44.2 Å². The summed E-state index contributed by atoms with van der Waals surface area (Å²) >= 11 is 1.29. The fourth-order valence-electron chi connectivity index (χ4n) is 2.47. The normalized spacial score (nSPS) is 10.2. The lowest BCUT2D eigenvalue weighted by molar-refractivity contribution is -0.118. The average Bonchev–Trinajstić information content (AvgIpc) is 2.60. The van der Waals surface area contributed by atoms with E-state index in [4.69, 9.17) is 4.74 Å². The van der Waals surface area contributed by atoms with E-state index in [0.29, 0.717) is 23.6 Å². The molecule has 0 bridgehead atoms. The van der Waals surface area contributed by atoms with Crippen molar-refractivity contribution in [2.75, 3.05) is 19.4 Å². The minimum absolute atomic E-state index is 0.0789. The van der Waals surface area contributed by atoms with Crippen LogP contribution in [0.5, 0.6) is 5.75 Å². The highest BCUT2D eigenvalue weighted by molar-refractivity contribution is 8.00. The van der Waals surface area contributed by atoms with Crippen LogP contribution < -0.4 is 10.1 Å². The number of carbonyl (C=O) groups is 1. The van der Waals surface area contributed by atoms with Crippen molar-refractivity contribution in [1.82, 2.24) is 10.3 Å². The molecule has 1 amide bonds. The summed E-state index contributed by atoms with van der Waals surface area (Å²) in [7, 11) is 1.64. The van der Waals surface area contributed by atoms with Crippen LogP contribution in [0.4, 0.5) is 0 Å². The highest BCUT2D eigenvalue weighted by atomic mass is 32.2.